The number of rotatable bonds is 10. The summed E-state index contributed by atoms with van der Waals surface area (Å²) in [5.41, 5.74) is 0. The molecule has 1 aliphatic rings. The number of aliphatic imine (C=N–C) groups is 1. The van der Waals surface area contributed by atoms with Gasteiger partial charge in [-0.05, 0) is 32.6 Å². The smallest absolute Gasteiger partial charge is 0.191 e. The summed E-state index contributed by atoms with van der Waals surface area (Å²) < 4.78 is 28.2. The second-order valence-corrected chi connectivity index (χ2v) is 9.88. The molecule has 1 saturated heterocycles. The van der Waals surface area contributed by atoms with Crippen molar-refractivity contribution < 1.29 is 13.2 Å². The van der Waals surface area contributed by atoms with Crippen LogP contribution in [0.3, 0.4) is 0 Å². The standard InChI is InChI=1S/C18H38N4O3S/c1-6-19-18(21-16(4)7-12-26(5,23)24)20-14-17(13-15(2)3)22-8-10-25-11-9-22/h15-17H,6-14H2,1-5H3,(H2,19,20,21). The van der Waals surface area contributed by atoms with Crippen LogP contribution in [0.15, 0.2) is 4.99 Å². The SMILES string of the molecule is CCNC(=NCC(CC(C)C)N1CCOCC1)NC(C)CCS(C)(=O)=O. The molecular formula is C18H38N4O3S. The van der Waals surface area contributed by atoms with E-state index in [1.165, 1.54) is 6.26 Å². The molecule has 0 spiro atoms. The van der Waals surface area contributed by atoms with E-state index in [2.05, 4.69) is 29.4 Å². The highest BCUT2D eigenvalue weighted by Gasteiger charge is 2.22. The number of guanidine groups is 1. The summed E-state index contributed by atoms with van der Waals surface area (Å²) in [5.74, 6) is 1.56. The Hall–Kier alpha value is -0.860. The average Bonchev–Trinajstić information content (AvgIpc) is 2.56. The first-order chi connectivity index (χ1) is 12.2. The van der Waals surface area contributed by atoms with Gasteiger partial charge in [-0.2, -0.15) is 0 Å². The quantitative estimate of drug-likeness (QED) is 0.430. The van der Waals surface area contributed by atoms with Crippen molar-refractivity contribution in [2.24, 2.45) is 10.9 Å². The zero-order valence-electron chi connectivity index (χ0n) is 17.1. The topological polar surface area (TPSA) is 83.0 Å². The molecule has 7 nitrogen and oxygen atoms in total. The van der Waals surface area contributed by atoms with Crippen molar-refractivity contribution >= 4 is 15.8 Å². The van der Waals surface area contributed by atoms with Crippen LogP contribution in [0.5, 0.6) is 0 Å². The van der Waals surface area contributed by atoms with Gasteiger partial charge in [0.15, 0.2) is 5.96 Å². The van der Waals surface area contributed by atoms with Crippen molar-refractivity contribution in [3.8, 4) is 0 Å². The Morgan fingerprint density at radius 2 is 1.88 bits per heavy atom. The molecule has 2 unspecified atom stereocenters. The summed E-state index contributed by atoms with van der Waals surface area (Å²) in [5, 5.41) is 6.60. The van der Waals surface area contributed by atoms with Gasteiger partial charge >= 0.3 is 0 Å². The highest BCUT2D eigenvalue weighted by Crippen LogP contribution is 2.14. The van der Waals surface area contributed by atoms with Gasteiger partial charge in [0.2, 0.25) is 0 Å². The Labute approximate surface area is 159 Å². The maximum Gasteiger partial charge on any atom is 0.191 e. The molecule has 1 fully saturated rings. The summed E-state index contributed by atoms with van der Waals surface area (Å²) >= 11 is 0. The van der Waals surface area contributed by atoms with Crippen LogP contribution in [0, 0.1) is 5.92 Å². The minimum Gasteiger partial charge on any atom is -0.379 e. The minimum atomic E-state index is -2.94. The number of hydrogen-bond acceptors (Lipinski definition) is 5. The van der Waals surface area contributed by atoms with Crippen LogP contribution in [-0.2, 0) is 14.6 Å². The van der Waals surface area contributed by atoms with Gasteiger partial charge in [0.25, 0.3) is 0 Å². The summed E-state index contributed by atoms with van der Waals surface area (Å²) in [6, 6.07) is 0.454. The largest absolute Gasteiger partial charge is 0.379 e. The van der Waals surface area contributed by atoms with Crippen LogP contribution in [0.2, 0.25) is 0 Å². The van der Waals surface area contributed by atoms with Gasteiger partial charge in [0, 0.05) is 38.0 Å². The second kappa shape index (κ2) is 11.8. The van der Waals surface area contributed by atoms with Gasteiger partial charge in [-0.25, -0.2) is 8.42 Å². The van der Waals surface area contributed by atoms with E-state index in [1.54, 1.807) is 0 Å². The second-order valence-electron chi connectivity index (χ2n) is 7.62. The number of hydrogen-bond donors (Lipinski definition) is 2. The van der Waals surface area contributed by atoms with E-state index in [-0.39, 0.29) is 11.8 Å². The highest BCUT2D eigenvalue weighted by molar-refractivity contribution is 7.90. The molecule has 1 heterocycles. The third kappa shape index (κ3) is 10.3. The monoisotopic (exact) mass is 390 g/mol. The Bertz CT molecular complexity index is 517. The van der Waals surface area contributed by atoms with Gasteiger partial charge in [0.1, 0.15) is 9.84 Å². The molecule has 0 amide bonds. The third-order valence-electron chi connectivity index (χ3n) is 4.41. The molecule has 8 heteroatoms. The molecule has 0 aliphatic carbocycles. The van der Waals surface area contributed by atoms with E-state index in [1.807, 2.05) is 13.8 Å². The predicted octanol–water partition coefficient (Wildman–Crippen LogP) is 1.11. The van der Waals surface area contributed by atoms with E-state index in [0.717, 1.165) is 51.8 Å². The maximum atomic E-state index is 11.4. The molecule has 1 rings (SSSR count). The molecule has 2 atom stereocenters. The van der Waals surface area contributed by atoms with Crippen LogP contribution in [-0.4, -0.2) is 82.8 Å². The summed E-state index contributed by atoms with van der Waals surface area (Å²) in [6.45, 7) is 13.5. The number of sulfone groups is 1. The maximum absolute atomic E-state index is 11.4. The van der Waals surface area contributed by atoms with Crippen LogP contribution in [0.1, 0.15) is 40.5 Å². The molecule has 154 valence electrons. The first-order valence-electron chi connectivity index (χ1n) is 9.75. The summed E-state index contributed by atoms with van der Waals surface area (Å²) in [7, 11) is -2.94. The first kappa shape index (κ1) is 23.2. The Kier molecular flexibility index (Phi) is 10.5. The lowest BCUT2D eigenvalue weighted by Gasteiger charge is -2.34. The molecule has 0 aromatic heterocycles. The van der Waals surface area contributed by atoms with Crippen molar-refractivity contribution in [3.05, 3.63) is 0 Å². The summed E-state index contributed by atoms with van der Waals surface area (Å²) in [6.07, 6.45) is 2.95. The number of nitrogens with zero attached hydrogens (tertiary/aromatic N) is 2. The molecule has 0 aromatic carbocycles. The van der Waals surface area contributed by atoms with Crippen LogP contribution < -0.4 is 10.6 Å². The normalized spacial score (nSPS) is 19.4. The minimum absolute atomic E-state index is 0.0504. The predicted molar refractivity (Wildman–Crippen MR) is 109 cm³/mol. The Balaban J connectivity index is 2.67. The van der Waals surface area contributed by atoms with Crippen LogP contribution >= 0.6 is 0 Å². The molecule has 26 heavy (non-hydrogen) atoms. The number of ether oxygens (including phenoxy) is 1. The van der Waals surface area contributed by atoms with Gasteiger partial charge in [-0.3, -0.25) is 9.89 Å². The van der Waals surface area contributed by atoms with Crippen molar-refractivity contribution in [1.82, 2.24) is 15.5 Å². The fourth-order valence-corrected chi connectivity index (χ4v) is 3.82. The van der Waals surface area contributed by atoms with Crippen molar-refractivity contribution in [2.75, 3.05) is 51.4 Å². The lowest BCUT2D eigenvalue weighted by molar-refractivity contribution is 0.0143. The van der Waals surface area contributed by atoms with Gasteiger partial charge in [0.05, 0.1) is 25.5 Å². The molecule has 0 saturated carbocycles. The number of nitrogens with one attached hydrogen (secondary N) is 2. The van der Waals surface area contributed by atoms with E-state index in [9.17, 15) is 8.42 Å². The lowest BCUT2D eigenvalue weighted by Crippen LogP contribution is -2.47. The van der Waals surface area contributed by atoms with Crippen molar-refractivity contribution in [3.63, 3.8) is 0 Å². The van der Waals surface area contributed by atoms with E-state index in [0.29, 0.717) is 18.4 Å². The average molecular weight is 391 g/mol. The lowest BCUT2D eigenvalue weighted by atomic mass is 10.0. The molecule has 2 N–H and O–H groups in total. The van der Waals surface area contributed by atoms with Gasteiger partial charge in [-0.1, -0.05) is 13.8 Å². The fourth-order valence-electron chi connectivity index (χ4n) is 3.04. The van der Waals surface area contributed by atoms with E-state index < -0.39 is 9.84 Å². The van der Waals surface area contributed by atoms with Crippen molar-refractivity contribution in [1.29, 1.82) is 0 Å². The highest BCUT2D eigenvalue weighted by atomic mass is 32.2. The van der Waals surface area contributed by atoms with E-state index in [4.69, 9.17) is 9.73 Å². The third-order valence-corrected chi connectivity index (χ3v) is 5.39. The molecule has 0 bridgehead atoms. The zero-order valence-corrected chi connectivity index (χ0v) is 17.9. The van der Waals surface area contributed by atoms with Crippen LogP contribution in [0.4, 0.5) is 0 Å². The molecular weight excluding hydrogens is 352 g/mol. The van der Waals surface area contributed by atoms with Gasteiger partial charge in [-0.15, -0.1) is 0 Å². The van der Waals surface area contributed by atoms with E-state index >= 15 is 0 Å². The molecule has 0 aromatic rings. The first-order valence-corrected chi connectivity index (χ1v) is 11.8. The fraction of sp³-hybridized carbons (Fsp3) is 0.944. The van der Waals surface area contributed by atoms with Crippen LogP contribution in [0.25, 0.3) is 0 Å². The molecule has 1 aliphatic heterocycles. The summed E-state index contributed by atoms with van der Waals surface area (Å²) in [4.78, 5) is 7.26. The Morgan fingerprint density at radius 1 is 1.23 bits per heavy atom. The Morgan fingerprint density at radius 3 is 2.42 bits per heavy atom. The zero-order chi connectivity index (χ0) is 19.6. The van der Waals surface area contributed by atoms with Gasteiger partial charge < -0.3 is 15.4 Å². The molecule has 0 radical (unpaired) electrons. The number of morpholine rings is 1. The van der Waals surface area contributed by atoms with Crippen molar-refractivity contribution in [2.45, 2.75) is 52.6 Å².